The van der Waals surface area contributed by atoms with Gasteiger partial charge >= 0.3 is 12.2 Å². The van der Waals surface area contributed by atoms with Crippen molar-refractivity contribution in [3.63, 3.8) is 0 Å². The molecule has 4 unspecified atom stereocenters. The molecule has 0 aliphatic carbocycles. The van der Waals surface area contributed by atoms with Gasteiger partial charge in [-0.25, -0.2) is 9.59 Å². The Morgan fingerprint density at radius 1 is 0.632 bits per heavy atom. The second-order valence-corrected chi connectivity index (χ2v) is 21.3. The van der Waals surface area contributed by atoms with Crippen LogP contribution in [0.2, 0.25) is 0 Å². The minimum Gasteiger partial charge on any atom is -0.445 e. The number of nitrogens with two attached hydrogens (primary N) is 1. The van der Waals surface area contributed by atoms with Crippen LogP contribution in [0.1, 0.15) is 98.5 Å². The summed E-state index contributed by atoms with van der Waals surface area (Å²) in [4.78, 5) is 112. The van der Waals surface area contributed by atoms with Gasteiger partial charge in [-0.3, -0.25) is 33.6 Å². The van der Waals surface area contributed by atoms with E-state index in [-0.39, 0.29) is 69.5 Å². The quantitative estimate of drug-likeness (QED) is 0.0672. The number of ether oxygens (including phenoxy) is 2. The van der Waals surface area contributed by atoms with Gasteiger partial charge in [0.15, 0.2) is 0 Å². The predicted molar refractivity (Wildman–Crippen MR) is 269 cm³/mol. The van der Waals surface area contributed by atoms with Gasteiger partial charge in [0.05, 0.1) is 18.3 Å². The number of rotatable bonds is 10. The predicted octanol–water partition coefficient (Wildman–Crippen LogP) is -2.22. The molecule has 8 aliphatic rings. The van der Waals surface area contributed by atoms with Crippen LogP contribution in [0.3, 0.4) is 0 Å². The molecule has 1 aromatic carbocycles. The number of hydrogen-bond donors (Lipinski definition) is 11. The summed E-state index contributed by atoms with van der Waals surface area (Å²) in [5.41, 5.74) is 3.26. The molecule has 0 radical (unpaired) electrons. The summed E-state index contributed by atoms with van der Waals surface area (Å²) in [7, 11) is 0. The fourth-order valence-corrected chi connectivity index (χ4v) is 10.3. The first-order valence-corrected chi connectivity index (χ1v) is 25.4. The number of likely N-dealkylation sites (tertiary alicyclic amines) is 3. The first-order valence-electron chi connectivity index (χ1n) is 25.4. The molecule has 25 nitrogen and oxygen atoms in total. The van der Waals surface area contributed by atoms with Crippen LogP contribution in [0.4, 0.5) is 9.59 Å². The molecule has 0 bridgehead atoms. The van der Waals surface area contributed by atoms with Gasteiger partial charge in [0.2, 0.25) is 41.4 Å². The maximum absolute atomic E-state index is 12.9. The zero-order valence-corrected chi connectivity index (χ0v) is 46.0. The molecule has 8 fully saturated rings. The molecule has 0 saturated carbocycles. The summed E-state index contributed by atoms with van der Waals surface area (Å²) in [6, 6.07) is 5.89. The summed E-state index contributed by atoms with van der Waals surface area (Å²) in [5, 5.41) is 48.0. The third kappa shape index (κ3) is 13.4. The van der Waals surface area contributed by atoms with Crippen molar-refractivity contribution in [3.05, 3.63) is 43.3 Å². The van der Waals surface area contributed by atoms with Gasteiger partial charge in [0.1, 0.15) is 52.5 Å². The molecule has 76 heavy (non-hydrogen) atoms. The molecular formula is C50H78N11O14Pd-. The molecular weight excluding hydrogens is 1090 g/mol. The van der Waals surface area contributed by atoms with Gasteiger partial charge in [0, 0.05) is 66.2 Å². The van der Waals surface area contributed by atoms with E-state index in [0.29, 0.717) is 65.0 Å². The van der Waals surface area contributed by atoms with Crippen LogP contribution >= 0.6 is 0 Å². The first kappa shape index (κ1) is 63.0. The van der Waals surface area contributed by atoms with E-state index in [1.54, 1.807) is 20.8 Å². The summed E-state index contributed by atoms with van der Waals surface area (Å²) in [6.07, 6.45) is 1.62. The van der Waals surface area contributed by atoms with E-state index in [4.69, 9.17) is 15.2 Å². The van der Waals surface area contributed by atoms with E-state index in [1.165, 1.54) is 35.5 Å². The molecule has 12 N–H and O–H groups in total. The van der Waals surface area contributed by atoms with E-state index in [1.807, 2.05) is 30.3 Å². The third-order valence-corrected chi connectivity index (χ3v) is 14.8. The van der Waals surface area contributed by atoms with Gasteiger partial charge in [0.25, 0.3) is 0 Å². The Kier molecular flexibility index (Phi) is 21.4. The van der Waals surface area contributed by atoms with Crippen molar-refractivity contribution in [3.8, 4) is 0 Å². The third-order valence-electron chi connectivity index (χ3n) is 14.8. The number of hydrogen-bond acceptors (Lipinski definition) is 16. The van der Waals surface area contributed by atoms with Gasteiger partial charge < -0.3 is 89.9 Å². The molecule has 8 saturated heterocycles. The Bertz CT molecular complexity index is 2280. The second kappa shape index (κ2) is 25.8. The van der Waals surface area contributed by atoms with Crippen LogP contribution in [0.5, 0.6) is 0 Å². The van der Waals surface area contributed by atoms with Crippen LogP contribution in [0.25, 0.3) is 0 Å². The molecule has 9 amide bonds. The smallest absolute Gasteiger partial charge is 0.408 e. The number of amides is 9. The van der Waals surface area contributed by atoms with Crippen molar-refractivity contribution in [2.24, 2.45) is 5.73 Å². The Hall–Kier alpha value is -5.49. The van der Waals surface area contributed by atoms with E-state index in [9.17, 15) is 58.5 Å². The molecule has 8 aliphatic heterocycles. The molecule has 4 spiro atoms. The van der Waals surface area contributed by atoms with Gasteiger partial charge in [-0.05, 0) is 105 Å². The van der Waals surface area contributed by atoms with E-state index < -0.39 is 82.7 Å². The second-order valence-electron chi connectivity index (χ2n) is 21.3. The number of carbonyl (C=O) groups excluding carboxylic acids is 9. The molecule has 26 heteroatoms. The van der Waals surface area contributed by atoms with Gasteiger partial charge in [-0.2, -0.15) is 0 Å². The summed E-state index contributed by atoms with van der Waals surface area (Å²) in [6.45, 7) is 14.1. The molecule has 0 aromatic heterocycles. The molecule has 428 valence electrons. The number of aliphatic hydroxyl groups excluding tert-OH is 3. The topological polar surface area (TPSA) is 353 Å². The summed E-state index contributed by atoms with van der Waals surface area (Å²) < 4.78 is 10.3. The number of nitrogens with zero attached hydrogens (tertiary/aromatic N) is 3. The van der Waals surface area contributed by atoms with Crippen LogP contribution in [-0.2, 0) is 70.1 Å². The largest absolute Gasteiger partial charge is 0.445 e. The molecule has 9 rings (SSSR count). The summed E-state index contributed by atoms with van der Waals surface area (Å²) in [5.74, 6) is -1.52. The SMILES string of the molecule is C[C@@H](O)[C@H](N)C(=O)N1CCCC12CNC2=O.C[C@@H](O)[C@H](NC(=O)OC(C)(C)C)C(=O)N1CCCC12CNC2=O.C[C@@H](O)[C@H](NC(=O)OCc1ccccc1)C(=O)N1CCCC12CNC2=O.O=C1NCC12CCCN2.[CH3-].[Pd]. The Balaban J connectivity index is 0.000000228. The van der Waals surface area contributed by atoms with Crippen molar-refractivity contribution in [1.82, 2.24) is 51.9 Å². The van der Waals surface area contributed by atoms with Crippen LogP contribution in [0, 0.1) is 7.43 Å². The van der Waals surface area contributed by atoms with Gasteiger partial charge in [-0.15, -0.1) is 0 Å². The van der Waals surface area contributed by atoms with Crippen LogP contribution in [0.15, 0.2) is 30.3 Å². The van der Waals surface area contributed by atoms with E-state index in [2.05, 4.69) is 37.2 Å². The van der Waals surface area contributed by atoms with Crippen molar-refractivity contribution in [1.29, 1.82) is 0 Å². The molecule has 1 aromatic rings. The fourth-order valence-electron chi connectivity index (χ4n) is 10.3. The van der Waals surface area contributed by atoms with Crippen molar-refractivity contribution < 1.29 is 88.4 Å². The maximum atomic E-state index is 12.9. The van der Waals surface area contributed by atoms with E-state index >= 15 is 0 Å². The van der Waals surface area contributed by atoms with Crippen molar-refractivity contribution in [2.75, 3.05) is 52.4 Å². The van der Waals surface area contributed by atoms with Crippen LogP contribution < -0.4 is 43.0 Å². The molecule has 10 atom stereocenters. The fraction of sp³-hybridized carbons (Fsp3) is 0.680. The minimum atomic E-state index is -1.17. The summed E-state index contributed by atoms with van der Waals surface area (Å²) >= 11 is 0. The number of benzene rings is 1. The average Bonchev–Trinajstić information content (AvgIpc) is 4.21. The molecule has 8 heterocycles. The average molecular weight is 1160 g/mol. The standard InChI is InChI=1S/C18H23N3O5.C15H25N3O5.C10H17N3O3.C6H10N2O.CH3.Pd/c1-12(22)14(20-17(25)26-10-13-6-3-2-4-7-13)15(23)21-9-5-8-18(21)11-19-16(18)24;1-9(19)10(17-13(22)23-14(2,3)4)11(20)18-7-5-6-15(18)8-16-12(15)21;1-6(14)7(11)8(15)13-4-2-3-10(13)5-12-9(10)16;9-5-6(4-7-5)2-1-3-8-6;;/h2-4,6-7,12,14,22H,5,8-11H2,1H3,(H,19,24)(H,20,25);9-10,19H,5-8H2,1-4H3,(H,16,21)(H,17,22);6-7,14H,2-5,11H2,1H3,(H,12,16);8H,1-4H2,(H,7,9);1H3;/q;;;;-1;/t12-,14+,18?;9-,10+,15?;6-,7+,10?;;;/m111.../s1. The van der Waals surface area contributed by atoms with Crippen LogP contribution in [-0.4, -0.2) is 200 Å². The van der Waals surface area contributed by atoms with E-state index in [0.717, 1.165) is 44.3 Å². The number of carbonyl (C=O) groups is 9. The number of alkyl carbamates (subject to hydrolysis) is 2. The zero-order chi connectivity index (χ0) is 54.4. The monoisotopic (exact) mass is 1160 g/mol. The Morgan fingerprint density at radius 2 is 1.05 bits per heavy atom. The number of aliphatic hydroxyl groups is 3. The van der Waals surface area contributed by atoms with Gasteiger partial charge in [-0.1, -0.05) is 30.3 Å². The zero-order valence-electron chi connectivity index (χ0n) is 44.4. The maximum Gasteiger partial charge on any atom is 0.408 e. The number of β-lactam (4-membered cyclic amide) rings is 4. The van der Waals surface area contributed by atoms with Crippen molar-refractivity contribution >= 4 is 53.5 Å². The first-order chi connectivity index (χ1) is 34.8. The normalized spacial score (nSPS) is 27.7. The number of nitrogens with one attached hydrogen (secondary N) is 7. The van der Waals surface area contributed by atoms with Crippen molar-refractivity contribution in [2.45, 2.75) is 164 Å². The Labute approximate surface area is 457 Å². The minimum absolute atomic E-state index is 0. The Morgan fingerprint density at radius 3 is 1.36 bits per heavy atom.